The highest BCUT2D eigenvalue weighted by molar-refractivity contribution is 7.92. The van der Waals surface area contributed by atoms with Gasteiger partial charge in [0, 0.05) is 6.26 Å². The first-order chi connectivity index (χ1) is 13.0. The molecule has 0 saturated heterocycles. The van der Waals surface area contributed by atoms with Crippen LogP contribution in [0.2, 0.25) is 0 Å². The zero-order chi connectivity index (χ0) is 20.7. The van der Waals surface area contributed by atoms with E-state index in [2.05, 4.69) is 4.74 Å². The molecular weight excluding hydrogens is 396 g/mol. The summed E-state index contributed by atoms with van der Waals surface area (Å²) < 4.78 is 86.4. The van der Waals surface area contributed by atoms with E-state index in [4.69, 9.17) is 0 Å². The van der Waals surface area contributed by atoms with Crippen LogP contribution in [0.3, 0.4) is 0 Å². The van der Waals surface area contributed by atoms with Crippen LogP contribution in [0.5, 0.6) is 5.75 Å². The molecule has 2 aromatic carbocycles. The van der Waals surface area contributed by atoms with Crippen molar-refractivity contribution in [2.75, 3.05) is 13.4 Å². The molecule has 3 nitrogen and oxygen atoms in total. The molecule has 0 fully saturated rings. The SMILES string of the molecule is COc1c(F)cc(C2(c3ccccc3)C=CC(F)(S(C)(=O)=O)C(F)=C2)cc1F. The first kappa shape index (κ1) is 20.1. The summed E-state index contributed by atoms with van der Waals surface area (Å²) in [6.07, 6.45) is 2.94. The molecule has 0 amide bonds. The minimum Gasteiger partial charge on any atom is -0.491 e. The highest BCUT2D eigenvalue weighted by Gasteiger charge is 2.49. The van der Waals surface area contributed by atoms with Crippen molar-refractivity contribution in [1.82, 2.24) is 0 Å². The minimum absolute atomic E-state index is 0.0588. The van der Waals surface area contributed by atoms with Gasteiger partial charge >= 0.3 is 0 Å². The Kier molecular flexibility index (Phi) is 4.87. The van der Waals surface area contributed by atoms with E-state index in [1.165, 1.54) is 0 Å². The van der Waals surface area contributed by atoms with Gasteiger partial charge in [0.2, 0.25) is 0 Å². The number of allylic oxidation sites excluding steroid dienone is 2. The van der Waals surface area contributed by atoms with E-state index in [0.29, 0.717) is 17.9 Å². The van der Waals surface area contributed by atoms with Crippen molar-refractivity contribution >= 4 is 9.84 Å². The number of hydrogen-bond acceptors (Lipinski definition) is 3. The number of halogens is 4. The smallest absolute Gasteiger partial charge is 0.278 e. The maximum Gasteiger partial charge on any atom is 0.278 e. The molecule has 3 rings (SSSR count). The van der Waals surface area contributed by atoms with Crippen LogP contribution in [-0.4, -0.2) is 26.8 Å². The van der Waals surface area contributed by atoms with Gasteiger partial charge in [0.1, 0.15) is 0 Å². The number of ether oxygens (including phenoxy) is 1. The second-order valence-corrected chi connectivity index (χ2v) is 8.59. The molecule has 0 aliphatic heterocycles. The molecule has 1 aliphatic carbocycles. The minimum atomic E-state index is -4.48. The second-order valence-electron chi connectivity index (χ2n) is 6.45. The maximum atomic E-state index is 14.8. The second kappa shape index (κ2) is 6.77. The van der Waals surface area contributed by atoms with Gasteiger partial charge in [-0.2, -0.15) is 0 Å². The average Bonchev–Trinajstić information content (AvgIpc) is 2.63. The zero-order valence-electron chi connectivity index (χ0n) is 14.9. The highest BCUT2D eigenvalue weighted by Crippen LogP contribution is 2.46. The lowest BCUT2D eigenvalue weighted by Gasteiger charge is -2.34. The van der Waals surface area contributed by atoms with Gasteiger partial charge < -0.3 is 4.74 Å². The molecule has 1 aliphatic rings. The molecule has 148 valence electrons. The Morgan fingerprint density at radius 3 is 1.96 bits per heavy atom. The topological polar surface area (TPSA) is 43.4 Å². The standard InChI is InChI=1S/C20H16F4O3S/c1-27-18-15(21)10-14(11-16(18)22)19(13-6-4-3-5-7-13)8-9-20(24,17(23)12-19)28(2,25)26/h3-12H,1-2H3. The summed E-state index contributed by atoms with van der Waals surface area (Å²) in [5.41, 5.74) is -1.32. The molecule has 0 saturated carbocycles. The van der Waals surface area contributed by atoms with Crippen LogP contribution in [-0.2, 0) is 15.3 Å². The van der Waals surface area contributed by atoms with Crippen molar-refractivity contribution < 1.29 is 30.7 Å². The third kappa shape index (κ3) is 3.01. The molecule has 0 N–H and O–H groups in total. The first-order valence-corrected chi connectivity index (χ1v) is 10.0. The maximum absolute atomic E-state index is 14.8. The number of sulfone groups is 1. The molecule has 8 heteroatoms. The van der Waals surface area contributed by atoms with E-state index in [-0.39, 0.29) is 5.56 Å². The van der Waals surface area contributed by atoms with Gasteiger partial charge in [-0.15, -0.1) is 0 Å². The fourth-order valence-electron chi connectivity index (χ4n) is 3.20. The lowest BCUT2D eigenvalue weighted by Crippen LogP contribution is -2.38. The van der Waals surface area contributed by atoms with Crippen molar-refractivity contribution in [1.29, 1.82) is 0 Å². The number of benzene rings is 2. The Morgan fingerprint density at radius 2 is 1.50 bits per heavy atom. The van der Waals surface area contributed by atoms with Crippen molar-refractivity contribution in [2.24, 2.45) is 0 Å². The van der Waals surface area contributed by atoms with Gasteiger partial charge in [-0.05, 0) is 35.4 Å². The van der Waals surface area contributed by atoms with Crippen molar-refractivity contribution in [2.45, 2.75) is 10.4 Å². The third-order valence-electron chi connectivity index (χ3n) is 4.71. The van der Waals surface area contributed by atoms with Crippen LogP contribution in [0.4, 0.5) is 17.6 Å². The summed E-state index contributed by atoms with van der Waals surface area (Å²) in [7, 11) is -3.39. The predicted octanol–water partition coefficient (Wildman–Crippen LogP) is 4.39. The van der Waals surface area contributed by atoms with Crippen molar-refractivity contribution in [3.63, 3.8) is 0 Å². The van der Waals surface area contributed by atoms with Crippen LogP contribution < -0.4 is 4.74 Å². The van der Waals surface area contributed by atoms with Crippen molar-refractivity contribution in [3.8, 4) is 5.75 Å². The fraction of sp³-hybridized carbons (Fsp3) is 0.200. The molecule has 0 heterocycles. The summed E-state index contributed by atoms with van der Waals surface area (Å²) in [5, 5.41) is -3.35. The molecule has 2 unspecified atom stereocenters. The normalized spacial score (nSPS) is 24.7. The van der Waals surface area contributed by atoms with E-state index in [1.54, 1.807) is 30.3 Å². The number of hydrogen-bond donors (Lipinski definition) is 0. The lowest BCUT2D eigenvalue weighted by atomic mass is 9.71. The highest BCUT2D eigenvalue weighted by atomic mass is 32.2. The summed E-state index contributed by atoms with van der Waals surface area (Å²) >= 11 is 0. The molecule has 2 atom stereocenters. The van der Waals surface area contributed by atoms with E-state index >= 15 is 0 Å². The Labute approximate surface area is 159 Å². The van der Waals surface area contributed by atoms with E-state index in [1.807, 2.05) is 0 Å². The largest absolute Gasteiger partial charge is 0.491 e. The van der Waals surface area contributed by atoms with Gasteiger partial charge in [0.25, 0.3) is 5.00 Å². The molecular formula is C20H16F4O3S. The van der Waals surface area contributed by atoms with Crippen molar-refractivity contribution in [3.05, 3.63) is 89.3 Å². The van der Waals surface area contributed by atoms with Gasteiger partial charge in [-0.3, -0.25) is 0 Å². The molecule has 0 radical (unpaired) electrons. The van der Waals surface area contributed by atoms with Crippen LogP contribution >= 0.6 is 0 Å². The molecule has 2 aromatic rings. The lowest BCUT2D eigenvalue weighted by molar-refractivity contribution is 0.314. The monoisotopic (exact) mass is 412 g/mol. The Balaban J connectivity index is 2.32. The van der Waals surface area contributed by atoms with E-state index in [9.17, 15) is 26.0 Å². The predicted molar refractivity (Wildman–Crippen MR) is 97.1 cm³/mol. The Hall–Kier alpha value is -2.61. The molecule has 0 spiro atoms. The third-order valence-corrected chi connectivity index (χ3v) is 6.12. The summed E-state index contributed by atoms with van der Waals surface area (Å²) in [6.45, 7) is 0. The summed E-state index contributed by atoms with van der Waals surface area (Å²) in [5.74, 6) is -4.27. The van der Waals surface area contributed by atoms with Gasteiger partial charge in [-0.25, -0.2) is 26.0 Å². The van der Waals surface area contributed by atoms with Gasteiger partial charge in [0.05, 0.1) is 12.5 Å². The van der Waals surface area contributed by atoms with Crippen LogP contribution in [0.25, 0.3) is 0 Å². The van der Waals surface area contributed by atoms with Gasteiger partial charge in [0.15, 0.2) is 33.0 Å². The molecule has 0 bridgehead atoms. The number of alkyl halides is 1. The zero-order valence-corrected chi connectivity index (χ0v) is 15.7. The van der Waals surface area contributed by atoms with Crippen LogP contribution in [0.1, 0.15) is 11.1 Å². The summed E-state index contributed by atoms with van der Waals surface area (Å²) in [4.78, 5) is 0. The Bertz CT molecular complexity index is 1060. The van der Waals surface area contributed by atoms with Crippen LogP contribution in [0, 0.1) is 11.6 Å². The Morgan fingerprint density at radius 1 is 0.929 bits per heavy atom. The molecule has 0 aromatic heterocycles. The molecule has 28 heavy (non-hydrogen) atoms. The number of rotatable bonds is 4. The van der Waals surface area contributed by atoms with Gasteiger partial charge in [-0.1, -0.05) is 36.4 Å². The van der Waals surface area contributed by atoms with E-state index in [0.717, 1.165) is 31.4 Å². The van der Waals surface area contributed by atoms with E-state index < -0.39 is 43.5 Å². The average molecular weight is 412 g/mol. The fourth-order valence-corrected chi connectivity index (χ4v) is 3.93. The quantitative estimate of drug-likeness (QED) is 0.553. The van der Waals surface area contributed by atoms with Crippen LogP contribution in [0.15, 0.2) is 66.5 Å². The first-order valence-electron chi connectivity index (χ1n) is 8.12. The summed E-state index contributed by atoms with van der Waals surface area (Å²) in [6, 6.07) is 9.89. The number of methoxy groups -OCH3 is 1.